The minimum Gasteiger partial charge on any atom is -0.451 e. The highest BCUT2D eigenvalue weighted by atomic mass is 35.5. The predicted molar refractivity (Wildman–Crippen MR) is 122 cm³/mol. The molecule has 0 bridgehead atoms. The van der Waals surface area contributed by atoms with Crippen molar-refractivity contribution in [2.24, 2.45) is 0 Å². The average Bonchev–Trinajstić information content (AvgIpc) is 2.74. The third-order valence-electron chi connectivity index (χ3n) is 5.03. The van der Waals surface area contributed by atoms with Crippen LogP contribution in [0.25, 0.3) is 5.69 Å². The first kappa shape index (κ1) is 23.2. The molecule has 0 fully saturated rings. The zero-order valence-corrected chi connectivity index (χ0v) is 19.1. The molecule has 0 saturated heterocycles. The smallest absolute Gasteiger partial charge is 0.363 e. The van der Waals surface area contributed by atoms with Crippen molar-refractivity contribution < 1.29 is 14.3 Å². The van der Waals surface area contributed by atoms with Crippen LogP contribution >= 0.6 is 11.6 Å². The first-order chi connectivity index (χ1) is 15.2. The van der Waals surface area contributed by atoms with E-state index in [4.69, 9.17) is 16.3 Å². The van der Waals surface area contributed by atoms with Crippen molar-refractivity contribution in [2.75, 3.05) is 13.7 Å². The van der Waals surface area contributed by atoms with E-state index in [9.17, 15) is 14.4 Å². The van der Waals surface area contributed by atoms with Crippen molar-refractivity contribution in [3.8, 4) is 5.69 Å². The lowest BCUT2D eigenvalue weighted by Gasteiger charge is -2.18. The molecule has 32 heavy (non-hydrogen) atoms. The van der Waals surface area contributed by atoms with Crippen LogP contribution in [-0.2, 0) is 16.1 Å². The topological polar surface area (TPSA) is 81.5 Å². The fourth-order valence-corrected chi connectivity index (χ4v) is 3.33. The van der Waals surface area contributed by atoms with Crippen molar-refractivity contribution in [3.63, 3.8) is 0 Å². The summed E-state index contributed by atoms with van der Waals surface area (Å²) in [5.74, 6) is -1.34. The van der Waals surface area contributed by atoms with Gasteiger partial charge < -0.3 is 9.64 Å². The van der Waals surface area contributed by atoms with Gasteiger partial charge in [0.05, 0.1) is 5.69 Å². The maximum Gasteiger partial charge on any atom is 0.363 e. The van der Waals surface area contributed by atoms with E-state index in [1.807, 2.05) is 32.0 Å². The van der Waals surface area contributed by atoms with E-state index in [-0.39, 0.29) is 5.91 Å². The minimum atomic E-state index is -0.953. The number of nitrogens with zero attached hydrogens (tertiary/aromatic N) is 3. The number of rotatable bonds is 6. The molecule has 0 unspecified atom stereocenters. The number of carbonyl (C=O) groups is 2. The Labute approximate surface area is 191 Å². The number of hydrogen-bond donors (Lipinski definition) is 0. The quantitative estimate of drug-likeness (QED) is 0.532. The van der Waals surface area contributed by atoms with Crippen LogP contribution in [-0.4, -0.2) is 40.2 Å². The second-order valence-electron chi connectivity index (χ2n) is 7.64. The molecule has 166 valence electrons. The van der Waals surface area contributed by atoms with E-state index in [0.717, 1.165) is 16.7 Å². The van der Waals surface area contributed by atoms with Crippen LogP contribution in [0, 0.1) is 20.8 Å². The Morgan fingerprint density at radius 3 is 2.41 bits per heavy atom. The van der Waals surface area contributed by atoms with Gasteiger partial charge in [-0.25, -0.2) is 9.48 Å². The number of halogens is 1. The van der Waals surface area contributed by atoms with Crippen LogP contribution in [0.4, 0.5) is 0 Å². The number of aryl methyl sites for hydroxylation is 3. The van der Waals surface area contributed by atoms with Gasteiger partial charge in [0, 0.05) is 30.4 Å². The summed E-state index contributed by atoms with van der Waals surface area (Å²) in [6, 6.07) is 14.1. The monoisotopic (exact) mass is 453 g/mol. The van der Waals surface area contributed by atoms with Gasteiger partial charge in [-0.05, 0) is 56.2 Å². The van der Waals surface area contributed by atoms with Crippen LogP contribution in [0.2, 0.25) is 5.02 Å². The molecule has 2 aromatic carbocycles. The lowest BCUT2D eigenvalue weighted by Crippen LogP contribution is -2.32. The molecule has 0 spiro atoms. The molecular weight excluding hydrogens is 430 g/mol. The third kappa shape index (κ3) is 5.42. The molecule has 0 radical (unpaired) electrons. The maximum absolute atomic E-state index is 12.5. The molecule has 0 aliphatic carbocycles. The molecule has 1 aromatic heterocycles. The predicted octanol–water partition coefficient (Wildman–Crippen LogP) is 3.63. The SMILES string of the molecule is Cc1ccc(CN(C)C(=O)COC(=O)c2nn(-c3ccc(Cl)cc3)c(C)cc2=O)c(C)c1. The molecule has 0 atom stereocenters. The Hall–Kier alpha value is -3.45. The summed E-state index contributed by atoms with van der Waals surface area (Å²) in [6.07, 6.45) is 0. The maximum atomic E-state index is 12.5. The van der Waals surface area contributed by atoms with Gasteiger partial charge in [0.1, 0.15) is 0 Å². The standard InChI is InChI=1S/C24H24ClN3O4/c1-15-5-6-18(16(2)11-15)13-27(4)22(30)14-32-24(31)23-21(29)12-17(3)28(26-23)20-9-7-19(25)8-10-20/h5-12H,13-14H2,1-4H3. The van der Waals surface area contributed by atoms with Crippen molar-refractivity contribution >= 4 is 23.5 Å². The second kappa shape index (κ2) is 9.78. The number of likely N-dealkylation sites (N-methyl/N-ethyl adjacent to an activating group) is 1. The van der Waals surface area contributed by atoms with Gasteiger partial charge in [-0.2, -0.15) is 5.10 Å². The molecule has 0 aliphatic rings. The summed E-state index contributed by atoms with van der Waals surface area (Å²) in [4.78, 5) is 38.7. The molecule has 7 nitrogen and oxygen atoms in total. The van der Waals surface area contributed by atoms with Crippen LogP contribution in [0.5, 0.6) is 0 Å². The van der Waals surface area contributed by atoms with E-state index in [0.29, 0.717) is 22.9 Å². The van der Waals surface area contributed by atoms with Gasteiger partial charge in [-0.15, -0.1) is 0 Å². The summed E-state index contributed by atoms with van der Waals surface area (Å²) >= 11 is 5.92. The largest absolute Gasteiger partial charge is 0.451 e. The molecule has 1 amide bonds. The number of benzene rings is 2. The summed E-state index contributed by atoms with van der Waals surface area (Å²) in [5, 5.41) is 4.70. The van der Waals surface area contributed by atoms with Crippen molar-refractivity contribution in [2.45, 2.75) is 27.3 Å². The van der Waals surface area contributed by atoms with Crippen LogP contribution < -0.4 is 5.43 Å². The lowest BCUT2D eigenvalue weighted by atomic mass is 10.1. The molecule has 0 N–H and O–H groups in total. The third-order valence-corrected chi connectivity index (χ3v) is 5.28. The van der Waals surface area contributed by atoms with E-state index >= 15 is 0 Å². The van der Waals surface area contributed by atoms with E-state index in [2.05, 4.69) is 5.10 Å². The van der Waals surface area contributed by atoms with Gasteiger partial charge in [-0.1, -0.05) is 35.4 Å². The highest BCUT2D eigenvalue weighted by Crippen LogP contribution is 2.14. The van der Waals surface area contributed by atoms with E-state index in [1.165, 1.54) is 15.6 Å². The Morgan fingerprint density at radius 2 is 1.75 bits per heavy atom. The van der Waals surface area contributed by atoms with Gasteiger partial charge >= 0.3 is 5.97 Å². The minimum absolute atomic E-state index is 0.384. The second-order valence-corrected chi connectivity index (χ2v) is 8.08. The van der Waals surface area contributed by atoms with Crippen LogP contribution in [0.15, 0.2) is 53.3 Å². The van der Waals surface area contributed by atoms with E-state index < -0.39 is 23.7 Å². The number of hydrogen-bond acceptors (Lipinski definition) is 5. The highest BCUT2D eigenvalue weighted by Gasteiger charge is 2.19. The highest BCUT2D eigenvalue weighted by molar-refractivity contribution is 6.30. The molecule has 8 heteroatoms. The summed E-state index contributed by atoms with van der Waals surface area (Å²) in [7, 11) is 1.63. The summed E-state index contributed by atoms with van der Waals surface area (Å²) in [5.41, 5.74) is 3.42. The Bertz CT molecular complexity index is 1220. The first-order valence-corrected chi connectivity index (χ1v) is 10.4. The molecular formula is C24H24ClN3O4. The number of carbonyl (C=O) groups excluding carboxylic acids is 2. The number of ether oxygens (including phenoxy) is 1. The summed E-state index contributed by atoms with van der Waals surface area (Å²) in [6.45, 7) is 5.58. The molecule has 3 aromatic rings. The molecule has 1 heterocycles. The zero-order valence-electron chi connectivity index (χ0n) is 18.4. The van der Waals surface area contributed by atoms with Crippen molar-refractivity contribution in [1.82, 2.24) is 14.7 Å². The van der Waals surface area contributed by atoms with Gasteiger partial charge in [-0.3, -0.25) is 9.59 Å². The van der Waals surface area contributed by atoms with Crippen LogP contribution in [0.1, 0.15) is 32.9 Å². The Morgan fingerprint density at radius 1 is 1.06 bits per heavy atom. The fourth-order valence-electron chi connectivity index (χ4n) is 3.21. The summed E-state index contributed by atoms with van der Waals surface area (Å²) < 4.78 is 6.55. The average molecular weight is 454 g/mol. The molecule has 0 saturated carbocycles. The molecule has 3 rings (SSSR count). The van der Waals surface area contributed by atoms with E-state index in [1.54, 1.807) is 38.2 Å². The number of esters is 1. The normalized spacial score (nSPS) is 10.7. The lowest BCUT2D eigenvalue weighted by molar-refractivity contribution is -0.133. The fraction of sp³-hybridized carbons (Fsp3) is 0.250. The number of amides is 1. The van der Waals surface area contributed by atoms with Crippen molar-refractivity contribution in [1.29, 1.82) is 0 Å². The van der Waals surface area contributed by atoms with Gasteiger partial charge in [0.15, 0.2) is 6.61 Å². The number of aromatic nitrogens is 2. The first-order valence-electron chi connectivity index (χ1n) is 10.00. The van der Waals surface area contributed by atoms with Gasteiger partial charge in [0.25, 0.3) is 5.91 Å². The zero-order chi connectivity index (χ0) is 23.4. The van der Waals surface area contributed by atoms with Gasteiger partial charge in [0.2, 0.25) is 11.1 Å². The molecule has 0 aliphatic heterocycles. The Kier molecular flexibility index (Phi) is 7.10. The van der Waals surface area contributed by atoms with Crippen LogP contribution in [0.3, 0.4) is 0 Å². The van der Waals surface area contributed by atoms with Crippen molar-refractivity contribution in [3.05, 3.63) is 91.9 Å². The Balaban J connectivity index is 1.70.